The molecule has 1 rings (SSSR count). The molecule has 106 valence electrons. The van der Waals surface area contributed by atoms with Crippen LogP contribution in [0.15, 0.2) is 18.2 Å². The van der Waals surface area contributed by atoms with Gasteiger partial charge >= 0.3 is 6.18 Å². The smallest absolute Gasteiger partial charge is 0.397 e. The maximum absolute atomic E-state index is 12.4. The highest BCUT2D eigenvalue weighted by Gasteiger charge is 2.31. The molecule has 1 aromatic carbocycles. The summed E-state index contributed by atoms with van der Waals surface area (Å²) in [6, 6.07) is 3.81. The normalized spacial score (nSPS) is 11.4. The first-order valence-electron chi connectivity index (χ1n) is 5.36. The maximum Gasteiger partial charge on any atom is 0.405 e. The Morgan fingerprint density at radius 1 is 1.37 bits per heavy atom. The fourth-order valence-corrected chi connectivity index (χ4v) is 1.59. The van der Waals surface area contributed by atoms with Gasteiger partial charge in [-0.1, -0.05) is 0 Å². The van der Waals surface area contributed by atoms with Crippen LogP contribution in [-0.2, 0) is 0 Å². The second-order valence-corrected chi connectivity index (χ2v) is 3.90. The lowest BCUT2D eigenvalue weighted by Crippen LogP contribution is -2.36. The first-order valence-corrected chi connectivity index (χ1v) is 5.36. The van der Waals surface area contributed by atoms with E-state index in [0.717, 1.165) is 4.90 Å². The topological polar surface area (TPSA) is 92.6 Å². The zero-order valence-electron chi connectivity index (χ0n) is 9.94. The minimum Gasteiger partial charge on any atom is -0.397 e. The molecular formula is C11H14F3N3O2. The van der Waals surface area contributed by atoms with Crippen molar-refractivity contribution in [3.05, 3.63) is 23.8 Å². The molecule has 0 aromatic heterocycles. The summed E-state index contributed by atoms with van der Waals surface area (Å²) in [5.74, 6) is -0.766. The number of halogens is 3. The number of benzene rings is 1. The number of nitrogens with two attached hydrogens (primary N) is 2. The van der Waals surface area contributed by atoms with Crippen molar-refractivity contribution in [1.82, 2.24) is 0 Å². The summed E-state index contributed by atoms with van der Waals surface area (Å²) >= 11 is 0. The summed E-state index contributed by atoms with van der Waals surface area (Å²) in [5.41, 5.74) is 10.8. The van der Waals surface area contributed by atoms with Gasteiger partial charge in [-0.3, -0.25) is 4.79 Å². The molecule has 5 nitrogen and oxygen atoms in total. The van der Waals surface area contributed by atoms with Crippen molar-refractivity contribution in [3.8, 4) is 0 Å². The van der Waals surface area contributed by atoms with Crippen LogP contribution in [-0.4, -0.2) is 36.9 Å². The lowest BCUT2D eigenvalue weighted by atomic mass is 10.1. The Bertz CT molecular complexity index is 463. The Morgan fingerprint density at radius 3 is 2.47 bits per heavy atom. The highest BCUT2D eigenvalue weighted by molar-refractivity contribution is 5.95. The lowest BCUT2D eigenvalue weighted by molar-refractivity contribution is -0.119. The third-order valence-corrected chi connectivity index (χ3v) is 2.40. The van der Waals surface area contributed by atoms with Crippen LogP contribution in [0, 0.1) is 0 Å². The summed E-state index contributed by atoms with van der Waals surface area (Å²) in [5, 5.41) is 8.82. The summed E-state index contributed by atoms with van der Waals surface area (Å²) in [6.45, 7) is -2.01. The number of aliphatic hydroxyl groups excluding tert-OH is 1. The van der Waals surface area contributed by atoms with E-state index >= 15 is 0 Å². The molecule has 0 radical (unpaired) electrons. The molecule has 0 aliphatic rings. The molecular weight excluding hydrogens is 263 g/mol. The number of hydrogen-bond donors (Lipinski definition) is 3. The zero-order chi connectivity index (χ0) is 14.6. The lowest BCUT2D eigenvalue weighted by Gasteiger charge is -2.26. The van der Waals surface area contributed by atoms with E-state index in [-0.39, 0.29) is 23.5 Å². The van der Waals surface area contributed by atoms with Crippen molar-refractivity contribution in [3.63, 3.8) is 0 Å². The van der Waals surface area contributed by atoms with Crippen LogP contribution >= 0.6 is 0 Å². The van der Waals surface area contributed by atoms with Gasteiger partial charge in [0.15, 0.2) is 0 Å². The van der Waals surface area contributed by atoms with E-state index in [1.807, 2.05) is 0 Å². The van der Waals surface area contributed by atoms with Gasteiger partial charge in [0, 0.05) is 12.1 Å². The number of carbonyl (C=O) groups is 1. The molecule has 1 aromatic rings. The molecule has 0 aliphatic heterocycles. The van der Waals surface area contributed by atoms with Crippen molar-refractivity contribution in [2.45, 2.75) is 6.18 Å². The number of amides is 1. The number of rotatable bonds is 5. The van der Waals surface area contributed by atoms with Crippen molar-refractivity contribution < 1.29 is 23.1 Å². The Labute approximate surface area is 107 Å². The third kappa shape index (κ3) is 4.32. The minimum absolute atomic E-state index is 0.0164. The number of nitrogens with zero attached hydrogens (tertiary/aromatic N) is 1. The Kier molecular flexibility index (Phi) is 4.60. The van der Waals surface area contributed by atoms with E-state index in [0.29, 0.717) is 0 Å². The van der Waals surface area contributed by atoms with E-state index in [2.05, 4.69) is 0 Å². The zero-order valence-corrected chi connectivity index (χ0v) is 9.94. The number of anilines is 2. The van der Waals surface area contributed by atoms with Crippen LogP contribution in [0.4, 0.5) is 24.5 Å². The number of hydrogen-bond acceptors (Lipinski definition) is 4. The summed E-state index contributed by atoms with van der Waals surface area (Å²) in [6.07, 6.45) is -4.45. The number of carbonyl (C=O) groups excluding carboxylic acids is 1. The van der Waals surface area contributed by atoms with Gasteiger partial charge in [-0.15, -0.1) is 0 Å². The van der Waals surface area contributed by atoms with Gasteiger partial charge in [-0.2, -0.15) is 13.2 Å². The van der Waals surface area contributed by atoms with E-state index in [1.165, 1.54) is 18.2 Å². The quantitative estimate of drug-likeness (QED) is 0.692. The summed E-state index contributed by atoms with van der Waals surface area (Å²) in [7, 11) is 0. The Balaban J connectivity index is 3.13. The molecule has 0 saturated heterocycles. The van der Waals surface area contributed by atoms with Crippen LogP contribution in [0.2, 0.25) is 0 Å². The second-order valence-electron chi connectivity index (χ2n) is 3.90. The van der Waals surface area contributed by atoms with Gasteiger partial charge in [0.2, 0.25) is 5.91 Å². The third-order valence-electron chi connectivity index (χ3n) is 2.40. The van der Waals surface area contributed by atoms with Gasteiger partial charge in [-0.05, 0) is 18.2 Å². The molecule has 0 fully saturated rings. The first kappa shape index (κ1) is 15.1. The number of alkyl halides is 3. The summed E-state index contributed by atoms with van der Waals surface area (Å²) in [4.78, 5) is 11.9. The number of primary amides is 1. The number of aliphatic hydroxyl groups is 1. The Hall–Kier alpha value is -1.96. The SMILES string of the molecule is NC(=O)c1ccc(N)c(N(CCO)CC(F)(F)F)c1. The maximum atomic E-state index is 12.4. The van der Waals surface area contributed by atoms with E-state index in [1.54, 1.807) is 0 Å². The van der Waals surface area contributed by atoms with Crippen LogP contribution < -0.4 is 16.4 Å². The van der Waals surface area contributed by atoms with Crippen molar-refractivity contribution in [1.29, 1.82) is 0 Å². The Morgan fingerprint density at radius 2 is 2.00 bits per heavy atom. The van der Waals surface area contributed by atoms with E-state index in [4.69, 9.17) is 16.6 Å². The highest BCUT2D eigenvalue weighted by atomic mass is 19.4. The van der Waals surface area contributed by atoms with Gasteiger partial charge < -0.3 is 21.5 Å². The fraction of sp³-hybridized carbons (Fsp3) is 0.364. The molecule has 0 atom stereocenters. The van der Waals surface area contributed by atoms with Gasteiger partial charge in [0.1, 0.15) is 6.54 Å². The van der Waals surface area contributed by atoms with E-state index in [9.17, 15) is 18.0 Å². The van der Waals surface area contributed by atoms with Gasteiger partial charge in [-0.25, -0.2) is 0 Å². The van der Waals surface area contributed by atoms with Gasteiger partial charge in [0.25, 0.3) is 0 Å². The highest BCUT2D eigenvalue weighted by Crippen LogP contribution is 2.27. The molecule has 0 spiro atoms. The van der Waals surface area contributed by atoms with Crippen molar-refractivity contribution in [2.24, 2.45) is 5.73 Å². The largest absolute Gasteiger partial charge is 0.405 e. The van der Waals surface area contributed by atoms with Crippen LogP contribution in [0.3, 0.4) is 0 Å². The van der Waals surface area contributed by atoms with Crippen LogP contribution in [0.25, 0.3) is 0 Å². The van der Waals surface area contributed by atoms with Crippen LogP contribution in [0.1, 0.15) is 10.4 Å². The van der Waals surface area contributed by atoms with E-state index < -0.39 is 25.2 Å². The summed E-state index contributed by atoms with van der Waals surface area (Å²) < 4.78 is 37.3. The molecule has 0 bridgehead atoms. The average Bonchev–Trinajstić information content (AvgIpc) is 2.27. The van der Waals surface area contributed by atoms with Crippen molar-refractivity contribution in [2.75, 3.05) is 30.3 Å². The molecule has 0 unspecified atom stereocenters. The molecule has 19 heavy (non-hydrogen) atoms. The predicted molar refractivity (Wildman–Crippen MR) is 64.7 cm³/mol. The molecule has 5 N–H and O–H groups in total. The van der Waals surface area contributed by atoms with Crippen molar-refractivity contribution >= 4 is 17.3 Å². The predicted octanol–water partition coefficient (Wildman–Crippen LogP) is 0.729. The standard InChI is InChI=1S/C11H14F3N3O2/c12-11(13,14)6-17(3-4-18)9-5-7(10(16)19)1-2-8(9)15/h1-2,5,18H,3-4,6,15H2,(H2,16,19). The van der Waals surface area contributed by atoms with Crippen LogP contribution in [0.5, 0.6) is 0 Å². The van der Waals surface area contributed by atoms with Gasteiger partial charge in [0.05, 0.1) is 18.0 Å². The average molecular weight is 277 g/mol. The second kappa shape index (κ2) is 5.79. The molecule has 0 heterocycles. The molecule has 1 amide bonds. The first-order chi connectivity index (χ1) is 8.74. The molecule has 0 saturated carbocycles. The monoisotopic (exact) mass is 277 g/mol. The molecule has 0 aliphatic carbocycles. The minimum atomic E-state index is -4.45. The fourth-order valence-electron chi connectivity index (χ4n) is 1.59. The number of nitrogen functional groups attached to an aromatic ring is 1. The molecule has 8 heteroatoms.